The van der Waals surface area contributed by atoms with Crippen LogP contribution in [0.5, 0.6) is 0 Å². The molecular formula is C15H24O. The maximum atomic E-state index is 5.92. The molecule has 1 aliphatic heterocycles. The Balaban J connectivity index is 1.71. The van der Waals surface area contributed by atoms with Gasteiger partial charge in [-0.25, -0.2) is 0 Å². The predicted octanol–water partition coefficient (Wildman–Crippen LogP) is 3.48. The first kappa shape index (κ1) is 9.94. The van der Waals surface area contributed by atoms with Gasteiger partial charge in [-0.15, -0.1) is 0 Å². The molecular weight excluding hydrogens is 196 g/mol. The first-order chi connectivity index (χ1) is 7.56. The summed E-state index contributed by atoms with van der Waals surface area (Å²) in [6.45, 7) is 8.60. The van der Waals surface area contributed by atoms with Crippen molar-refractivity contribution in [3.05, 3.63) is 0 Å². The van der Waals surface area contributed by atoms with Gasteiger partial charge in [0.2, 0.25) is 0 Å². The zero-order valence-corrected chi connectivity index (χ0v) is 10.8. The van der Waals surface area contributed by atoms with Crippen molar-refractivity contribution in [3.63, 3.8) is 0 Å². The Morgan fingerprint density at radius 3 is 2.50 bits per heavy atom. The lowest BCUT2D eigenvalue weighted by molar-refractivity contribution is 0.141. The molecule has 0 amide bonds. The third-order valence-electron chi connectivity index (χ3n) is 6.68. The summed E-state index contributed by atoms with van der Waals surface area (Å²) in [7, 11) is 0. The van der Waals surface area contributed by atoms with Crippen molar-refractivity contribution in [3.8, 4) is 0 Å². The fourth-order valence-corrected chi connectivity index (χ4v) is 5.58. The minimum Gasteiger partial charge on any atom is -0.369 e. The van der Waals surface area contributed by atoms with Crippen LogP contribution in [0.25, 0.3) is 0 Å². The topological polar surface area (TPSA) is 12.5 Å². The number of hydrogen-bond acceptors (Lipinski definition) is 1. The highest BCUT2D eigenvalue weighted by Gasteiger charge is 2.70. The largest absolute Gasteiger partial charge is 0.369 e. The van der Waals surface area contributed by atoms with E-state index in [1.165, 1.54) is 25.7 Å². The van der Waals surface area contributed by atoms with E-state index in [0.29, 0.717) is 11.0 Å². The van der Waals surface area contributed by atoms with Gasteiger partial charge in [0, 0.05) is 0 Å². The standard InChI is InChI=1S/C15H24O/c1-9-4-5-10-12(9)13-11(14(13,2)3)6-7-15(10)8-16-15/h9-13H,4-8H2,1-3H3/t9-,10+,11+,12-,13+,15-/m1/s1. The Kier molecular flexibility index (Phi) is 1.67. The number of hydrogen-bond donors (Lipinski definition) is 0. The molecule has 0 radical (unpaired) electrons. The molecule has 0 aromatic rings. The Bertz CT molecular complexity index is 328. The predicted molar refractivity (Wildman–Crippen MR) is 64.1 cm³/mol. The summed E-state index contributed by atoms with van der Waals surface area (Å²) in [5.41, 5.74) is 1.02. The van der Waals surface area contributed by atoms with E-state index in [1.807, 2.05) is 0 Å². The molecule has 1 saturated heterocycles. The van der Waals surface area contributed by atoms with Gasteiger partial charge in [-0.3, -0.25) is 0 Å². The summed E-state index contributed by atoms with van der Waals surface area (Å²) in [5, 5.41) is 0. The summed E-state index contributed by atoms with van der Waals surface area (Å²) < 4.78 is 5.92. The third-order valence-corrected chi connectivity index (χ3v) is 6.68. The molecule has 4 rings (SSSR count). The second kappa shape index (κ2) is 2.68. The number of fused-ring (bicyclic) bond motifs is 4. The van der Waals surface area contributed by atoms with E-state index in [2.05, 4.69) is 20.8 Å². The molecule has 0 bridgehead atoms. The minimum absolute atomic E-state index is 0.374. The van der Waals surface area contributed by atoms with E-state index < -0.39 is 0 Å². The Morgan fingerprint density at radius 2 is 1.81 bits per heavy atom. The summed E-state index contributed by atoms with van der Waals surface area (Å²) in [6.07, 6.45) is 5.72. The zero-order valence-electron chi connectivity index (χ0n) is 10.8. The minimum atomic E-state index is 0.374. The van der Waals surface area contributed by atoms with Crippen LogP contribution in [0.15, 0.2) is 0 Å². The Labute approximate surface area is 98.9 Å². The number of rotatable bonds is 0. The van der Waals surface area contributed by atoms with Crippen LogP contribution < -0.4 is 0 Å². The van der Waals surface area contributed by atoms with Gasteiger partial charge in [-0.05, 0) is 54.3 Å². The van der Waals surface area contributed by atoms with Crippen molar-refractivity contribution in [2.75, 3.05) is 6.61 Å². The van der Waals surface area contributed by atoms with Gasteiger partial charge in [-0.1, -0.05) is 27.2 Å². The van der Waals surface area contributed by atoms with Crippen molar-refractivity contribution in [1.29, 1.82) is 0 Å². The van der Waals surface area contributed by atoms with Crippen molar-refractivity contribution >= 4 is 0 Å². The van der Waals surface area contributed by atoms with Crippen LogP contribution in [0.3, 0.4) is 0 Å². The molecule has 4 fully saturated rings. The average molecular weight is 220 g/mol. The SMILES string of the molecule is C[C@@H]1CC[C@H]2[C@@H]1[C@@H]1[C@H](CC[C@@]23CO3)C1(C)C. The quantitative estimate of drug-likeness (QED) is 0.569. The molecule has 0 N–H and O–H groups in total. The maximum Gasteiger partial charge on any atom is 0.0947 e. The highest BCUT2D eigenvalue weighted by Crippen LogP contribution is 2.72. The van der Waals surface area contributed by atoms with Crippen LogP contribution in [0.4, 0.5) is 0 Å². The lowest BCUT2D eigenvalue weighted by Gasteiger charge is -2.28. The molecule has 1 spiro atoms. The fraction of sp³-hybridized carbons (Fsp3) is 1.00. The molecule has 0 aromatic carbocycles. The Hall–Kier alpha value is -0.0400. The van der Waals surface area contributed by atoms with E-state index in [4.69, 9.17) is 4.74 Å². The van der Waals surface area contributed by atoms with Crippen LogP contribution >= 0.6 is 0 Å². The highest BCUT2D eigenvalue weighted by atomic mass is 16.6. The molecule has 90 valence electrons. The van der Waals surface area contributed by atoms with Crippen molar-refractivity contribution < 1.29 is 4.74 Å². The first-order valence-corrected chi connectivity index (χ1v) is 7.20. The third kappa shape index (κ3) is 1.02. The zero-order chi connectivity index (χ0) is 11.1. The van der Waals surface area contributed by atoms with Crippen molar-refractivity contribution in [2.45, 2.75) is 52.1 Å². The summed E-state index contributed by atoms with van der Waals surface area (Å²) in [4.78, 5) is 0. The second-order valence-corrected chi connectivity index (χ2v) is 7.58. The van der Waals surface area contributed by atoms with Gasteiger partial charge in [0.15, 0.2) is 0 Å². The van der Waals surface area contributed by atoms with E-state index in [-0.39, 0.29) is 0 Å². The van der Waals surface area contributed by atoms with E-state index in [9.17, 15) is 0 Å². The Morgan fingerprint density at radius 1 is 1.06 bits per heavy atom. The van der Waals surface area contributed by atoms with E-state index in [1.54, 1.807) is 0 Å². The van der Waals surface area contributed by atoms with Gasteiger partial charge >= 0.3 is 0 Å². The first-order valence-electron chi connectivity index (χ1n) is 7.20. The van der Waals surface area contributed by atoms with Gasteiger partial charge < -0.3 is 4.74 Å². The fourth-order valence-electron chi connectivity index (χ4n) is 5.58. The molecule has 16 heavy (non-hydrogen) atoms. The van der Waals surface area contributed by atoms with Gasteiger partial charge in [0.05, 0.1) is 12.2 Å². The molecule has 0 unspecified atom stereocenters. The van der Waals surface area contributed by atoms with Crippen molar-refractivity contribution in [1.82, 2.24) is 0 Å². The van der Waals surface area contributed by atoms with Crippen molar-refractivity contribution in [2.24, 2.45) is 35.0 Å². The molecule has 1 heteroatoms. The lowest BCUT2D eigenvalue weighted by atomic mass is 9.76. The van der Waals surface area contributed by atoms with Crippen LogP contribution in [0.1, 0.15) is 46.5 Å². The molecule has 3 saturated carbocycles. The van der Waals surface area contributed by atoms with Crippen LogP contribution in [-0.4, -0.2) is 12.2 Å². The molecule has 0 aromatic heterocycles. The number of ether oxygens (including phenoxy) is 1. The average Bonchev–Trinajstić information content (AvgIpc) is 3.07. The van der Waals surface area contributed by atoms with E-state index in [0.717, 1.165) is 36.2 Å². The molecule has 3 aliphatic carbocycles. The molecule has 6 atom stereocenters. The van der Waals surface area contributed by atoms with Gasteiger partial charge in [0.1, 0.15) is 0 Å². The summed E-state index contributed by atoms with van der Waals surface area (Å²) >= 11 is 0. The van der Waals surface area contributed by atoms with Crippen LogP contribution in [-0.2, 0) is 4.74 Å². The number of epoxide rings is 1. The highest BCUT2D eigenvalue weighted by molar-refractivity contribution is 5.18. The van der Waals surface area contributed by atoms with Gasteiger partial charge in [-0.2, -0.15) is 0 Å². The molecule has 1 heterocycles. The monoisotopic (exact) mass is 220 g/mol. The smallest absolute Gasteiger partial charge is 0.0947 e. The normalized spacial score (nSPS) is 61.3. The lowest BCUT2D eigenvalue weighted by Crippen LogP contribution is -2.30. The van der Waals surface area contributed by atoms with Crippen LogP contribution in [0.2, 0.25) is 0 Å². The van der Waals surface area contributed by atoms with E-state index >= 15 is 0 Å². The maximum absolute atomic E-state index is 5.92. The molecule has 4 aliphatic rings. The summed E-state index contributed by atoms with van der Waals surface area (Å²) in [5.74, 6) is 4.91. The van der Waals surface area contributed by atoms with Gasteiger partial charge in [0.25, 0.3) is 0 Å². The molecule has 1 nitrogen and oxygen atoms in total. The van der Waals surface area contributed by atoms with Crippen LogP contribution in [0, 0.1) is 35.0 Å². The summed E-state index contributed by atoms with van der Waals surface area (Å²) in [6, 6.07) is 0. The second-order valence-electron chi connectivity index (χ2n) is 7.58.